The highest BCUT2D eigenvalue weighted by atomic mass is 16.3. The normalized spacial score (nSPS) is 15.7. The summed E-state index contributed by atoms with van der Waals surface area (Å²) < 4.78 is 6.18. The van der Waals surface area contributed by atoms with Crippen LogP contribution in [0.1, 0.15) is 39.7 Å². The smallest absolute Gasteiger partial charge is 0.159 e. The Kier molecular flexibility index (Phi) is 6.53. The van der Waals surface area contributed by atoms with Gasteiger partial charge in [0.15, 0.2) is 5.84 Å². The Morgan fingerprint density at radius 2 is 1.21 bits per heavy atom. The van der Waals surface area contributed by atoms with Crippen LogP contribution in [-0.4, -0.2) is 11.7 Å². The van der Waals surface area contributed by atoms with Crippen molar-refractivity contribution >= 4 is 39.0 Å². The first-order chi connectivity index (χ1) is 23.3. The molecule has 1 unspecified atom stereocenters. The molecular weight excluding hydrogens is 576 g/mol. The first kappa shape index (κ1) is 27.1. The summed E-state index contributed by atoms with van der Waals surface area (Å²) in [5.74, 6) is 2.51. The standard InChI is InChI=1S/C42H30N4O/c1-3-11-29(12-4-1)40-44-41(30-13-5-2-6-14-30)46-42(45-40)34-24-23-31(32-15-7-8-16-33(32)34)27-19-21-28(22-20-27)36-25-43-26-38-39(36)35-17-9-10-18-37(35)47-38/h1-25,40,43H,26H2,(H,44,45,46). The molecule has 0 amide bonds. The Balaban J connectivity index is 1.10. The Bertz CT molecular complexity index is 2370. The summed E-state index contributed by atoms with van der Waals surface area (Å²) >= 11 is 0. The van der Waals surface area contributed by atoms with Gasteiger partial charge in [-0.05, 0) is 39.1 Å². The lowest BCUT2D eigenvalue weighted by Gasteiger charge is -2.24. The molecule has 2 aliphatic heterocycles. The molecule has 3 heterocycles. The maximum Gasteiger partial charge on any atom is 0.159 e. The number of fused-ring (bicyclic) bond motifs is 4. The molecule has 0 saturated carbocycles. The fourth-order valence-corrected chi connectivity index (χ4v) is 6.76. The van der Waals surface area contributed by atoms with Gasteiger partial charge >= 0.3 is 0 Å². The number of hydrogen-bond donors (Lipinski definition) is 2. The average Bonchev–Trinajstić information content (AvgIpc) is 3.54. The monoisotopic (exact) mass is 606 g/mol. The molecule has 5 nitrogen and oxygen atoms in total. The maximum absolute atomic E-state index is 6.18. The molecule has 0 saturated heterocycles. The van der Waals surface area contributed by atoms with E-state index in [-0.39, 0.29) is 6.17 Å². The van der Waals surface area contributed by atoms with E-state index in [1.807, 2.05) is 48.5 Å². The average molecular weight is 607 g/mol. The molecule has 0 radical (unpaired) electrons. The van der Waals surface area contributed by atoms with E-state index >= 15 is 0 Å². The topological polar surface area (TPSA) is 61.9 Å². The number of hydrogen-bond acceptors (Lipinski definition) is 5. The molecule has 224 valence electrons. The summed E-state index contributed by atoms with van der Waals surface area (Å²) in [4.78, 5) is 10.1. The molecule has 0 bridgehead atoms. The minimum Gasteiger partial charge on any atom is -0.459 e. The number of benzene rings is 6. The molecule has 47 heavy (non-hydrogen) atoms. The van der Waals surface area contributed by atoms with Gasteiger partial charge in [0.25, 0.3) is 0 Å². The summed E-state index contributed by atoms with van der Waals surface area (Å²) in [6.45, 7) is 0.689. The van der Waals surface area contributed by atoms with Crippen LogP contribution < -0.4 is 10.6 Å². The van der Waals surface area contributed by atoms with Crippen LogP contribution in [0.15, 0.2) is 166 Å². The lowest BCUT2D eigenvalue weighted by molar-refractivity contribution is 0.531. The Labute approximate surface area is 272 Å². The first-order valence-electron chi connectivity index (χ1n) is 15.9. The third kappa shape index (κ3) is 4.80. The van der Waals surface area contributed by atoms with Crippen LogP contribution in [0.5, 0.6) is 0 Å². The minimum absolute atomic E-state index is 0.249. The van der Waals surface area contributed by atoms with Crippen LogP contribution in [0.3, 0.4) is 0 Å². The second-order valence-corrected chi connectivity index (χ2v) is 11.9. The SMILES string of the molecule is C1=C(c2ccc(-c3ccc(C4=NC(c5ccccc5)=NC(c5ccccc5)N4)c4ccccc34)cc2)c2c(oc3ccccc23)CN1. The van der Waals surface area contributed by atoms with Crippen LogP contribution in [0, 0.1) is 0 Å². The van der Waals surface area contributed by atoms with Crippen LogP contribution in [0.4, 0.5) is 0 Å². The van der Waals surface area contributed by atoms with Crippen molar-refractivity contribution in [1.82, 2.24) is 10.6 Å². The van der Waals surface area contributed by atoms with Gasteiger partial charge in [-0.3, -0.25) is 0 Å². The van der Waals surface area contributed by atoms with E-state index in [2.05, 4.69) is 114 Å². The summed E-state index contributed by atoms with van der Waals surface area (Å²) in [5.41, 5.74) is 9.85. The van der Waals surface area contributed by atoms with Crippen molar-refractivity contribution in [2.24, 2.45) is 9.98 Å². The second kappa shape index (κ2) is 11.3. The van der Waals surface area contributed by atoms with Crippen molar-refractivity contribution in [2.75, 3.05) is 0 Å². The van der Waals surface area contributed by atoms with Crippen LogP contribution in [0.25, 0.3) is 38.4 Å². The van der Waals surface area contributed by atoms with E-state index in [0.29, 0.717) is 6.54 Å². The van der Waals surface area contributed by atoms with Gasteiger partial charge in [0.2, 0.25) is 0 Å². The van der Waals surface area contributed by atoms with Crippen molar-refractivity contribution in [2.45, 2.75) is 12.7 Å². The second-order valence-electron chi connectivity index (χ2n) is 11.9. The lowest BCUT2D eigenvalue weighted by Crippen LogP contribution is -2.33. The molecule has 9 rings (SSSR count). The number of nitrogens with zero attached hydrogens (tertiary/aromatic N) is 2. The number of amidine groups is 2. The molecular formula is C42H30N4O. The van der Waals surface area contributed by atoms with Gasteiger partial charge in [0.05, 0.1) is 6.54 Å². The number of nitrogens with one attached hydrogen (secondary N) is 2. The zero-order valence-corrected chi connectivity index (χ0v) is 25.5. The predicted molar refractivity (Wildman–Crippen MR) is 191 cm³/mol. The van der Waals surface area contributed by atoms with Gasteiger partial charge in [-0.15, -0.1) is 0 Å². The van der Waals surface area contributed by atoms with Gasteiger partial charge in [0, 0.05) is 33.8 Å². The van der Waals surface area contributed by atoms with Crippen LogP contribution >= 0.6 is 0 Å². The van der Waals surface area contributed by atoms with E-state index in [4.69, 9.17) is 14.4 Å². The summed E-state index contributed by atoms with van der Waals surface area (Å²) in [5, 5.41) is 10.5. The number of rotatable bonds is 5. The van der Waals surface area contributed by atoms with E-state index in [0.717, 1.165) is 67.2 Å². The number of furan rings is 1. The molecule has 1 atom stereocenters. The zero-order chi connectivity index (χ0) is 31.2. The number of aliphatic imine (C=N–C) groups is 2. The highest BCUT2D eigenvalue weighted by Gasteiger charge is 2.24. The largest absolute Gasteiger partial charge is 0.459 e. The first-order valence-corrected chi connectivity index (χ1v) is 15.9. The van der Waals surface area contributed by atoms with Gasteiger partial charge in [-0.25, -0.2) is 9.98 Å². The molecule has 2 N–H and O–H groups in total. The minimum atomic E-state index is -0.249. The fraction of sp³-hybridized carbons (Fsp3) is 0.0476. The maximum atomic E-state index is 6.18. The summed E-state index contributed by atoms with van der Waals surface area (Å²) in [6, 6.07) is 50.6. The molecule has 1 aromatic heterocycles. The third-order valence-electron chi connectivity index (χ3n) is 9.02. The zero-order valence-electron chi connectivity index (χ0n) is 25.5. The van der Waals surface area contributed by atoms with Crippen LogP contribution in [-0.2, 0) is 6.54 Å². The van der Waals surface area contributed by atoms with Crippen molar-refractivity contribution in [3.05, 3.63) is 185 Å². The van der Waals surface area contributed by atoms with E-state index in [1.54, 1.807) is 0 Å². The summed E-state index contributed by atoms with van der Waals surface area (Å²) in [6.07, 6.45) is 1.86. The molecule has 0 fully saturated rings. The lowest BCUT2D eigenvalue weighted by atomic mass is 9.91. The molecule has 6 aromatic carbocycles. The van der Waals surface area contributed by atoms with E-state index in [9.17, 15) is 0 Å². The molecule has 7 aromatic rings. The van der Waals surface area contributed by atoms with Crippen molar-refractivity contribution in [1.29, 1.82) is 0 Å². The van der Waals surface area contributed by atoms with Gasteiger partial charge < -0.3 is 15.1 Å². The van der Waals surface area contributed by atoms with Gasteiger partial charge in [-0.2, -0.15) is 0 Å². The van der Waals surface area contributed by atoms with Gasteiger partial charge in [0.1, 0.15) is 23.3 Å². The summed E-state index contributed by atoms with van der Waals surface area (Å²) in [7, 11) is 0. The Morgan fingerprint density at radius 3 is 2.00 bits per heavy atom. The molecule has 0 aliphatic carbocycles. The Hall–Kier alpha value is -6.20. The van der Waals surface area contributed by atoms with Gasteiger partial charge in [-0.1, -0.05) is 140 Å². The highest BCUT2D eigenvalue weighted by molar-refractivity contribution is 6.19. The van der Waals surface area contributed by atoms with Crippen molar-refractivity contribution in [3.63, 3.8) is 0 Å². The van der Waals surface area contributed by atoms with Crippen LogP contribution in [0.2, 0.25) is 0 Å². The molecule has 2 aliphatic rings. The fourth-order valence-electron chi connectivity index (χ4n) is 6.76. The third-order valence-corrected chi connectivity index (χ3v) is 9.02. The Morgan fingerprint density at radius 1 is 0.574 bits per heavy atom. The van der Waals surface area contributed by atoms with Crippen molar-refractivity contribution < 1.29 is 4.42 Å². The van der Waals surface area contributed by atoms with E-state index < -0.39 is 0 Å². The molecule has 0 spiro atoms. The highest BCUT2D eigenvalue weighted by Crippen LogP contribution is 2.38. The number of para-hydroxylation sites is 1. The quantitative estimate of drug-likeness (QED) is 0.205. The van der Waals surface area contributed by atoms with E-state index in [1.165, 1.54) is 16.5 Å². The van der Waals surface area contributed by atoms with Crippen molar-refractivity contribution in [3.8, 4) is 11.1 Å². The predicted octanol–water partition coefficient (Wildman–Crippen LogP) is 9.24. The molecule has 5 heteroatoms.